The summed E-state index contributed by atoms with van der Waals surface area (Å²) >= 11 is 6.59. The van der Waals surface area contributed by atoms with Gasteiger partial charge in [0.25, 0.3) is 10.0 Å². The first-order valence-corrected chi connectivity index (χ1v) is 17.3. The quantitative estimate of drug-likeness (QED) is 0.168. The molecule has 248 valence electrons. The van der Waals surface area contributed by atoms with E-state index in [4.69, 9.17) is 16.3 Å². The van der Waals surface area contributed by atoms with E-state index in [2.05, 4.69) is 5.32 Å². The average molecular weight is 676 g/mol. The second-order valence-corrected chi connectivity index (χ2v) is 14.6. The molecule has 2 amide bonds. The lowest BCUT2D eigenvalue weighted by atomic mass is 10.0. The second-order valence-electron chi connectivity index (χ2n) is 12.3. The molecule has 1 atom stereocenters. The van der Waals surface area contributed by atoms with Crippen molar-refractivity contribution in [1.29, 1.82) is 0 Å². The van der Waals surface area contributed by atoms with E-state index < -0.39 is 34.1 Å². The third-order valence-electron chi connectivity index (χ3n) is 7.39. The second kappa shape index (κ2) is 15.5. The number of nitrogens with one attached hydrogen (secondary N) is 1. The molecule has 4 aromatic rings. The number of amides is 2. The first-order chi connectivity index (χ1) is 22.3. The lowest BCUT2D eigenvalue weighted by molar-refractivity contribution is -0.140. The summed E-state index contributed by atoms with van der Waals surface area (Å²) in [6, 6.07) is 28.6. The van der Waals surface area contributed by atoms with Crippen LogP contribution in [0.1, 0.15) is 44.4 Å². The van der Waals surface area contributed by atoms with Crippen LogP contribution in [0.5, 0.6) is 5.75 Å². The third-order valence-corrected chi connectivity index (χ3v) is 9.53. The van der Waals surface area contributed by atoms with Crippen molar-refractivity contribution < 1.29 is 22.7 Å². The molecule has 0 fully saturated rings. The summed E-state index contributed by atoms with van der Waals surface area (Å²) < 4.78 is 35.6. The largest absolute Gasteiger partial charge is 0.492 e. The Balaban J connectivity index is 1.86. The van der Waals surface area contributed by atoms with Crippen molar-refractivity contribution in [3.05, 3.63) is 125 Å². The third kappa shape index (κ3) is 9.36. The molecular formula is C37H42ClN3O5S. The van der Waals surface area contributed by atoms with E-state index in [1.165, 1.54) is 17.0 Å². The van der Waals surface area contributed by atoms with Crippen LogP contribution in [-0.4, -0.2) is 49.9 Å². The number of benzene rings is 4. The van der Waals surface area contributed by atoms with Gasteiger partial charge in [0.15, 0.2) is 0 Å². The fourth-order valence-corrected chi connectivity index (χ4v) is 6.73. The predicted octanol–water partition coefficient (Wildman–Crippen LogP) is 6.80. The van der Waals surface area contributed by atoms with E-state index in [1.54, 1.807) is 67.6 Å². The average Bonchev–Trinajstić information content (AvgIpc) is 3.02. The summed E-state index contributed by atoms with van der Waals surface area (Å²) in [4.78, 5) is 30.2. The van der Waals surface area contributed by atoms with Gasteiger partial charge in [0.1, 0.15) is 18.3 Å². The number of carbonyl (C=O) groups excluding carboxylic acids is 2. The Kier molecular flexibility index (Phi) is 11.7. The molecule has 4 rings (SSSR count). The molecule has 0 saturated heterocycles. The fourth-order valence-electron chi connectivity index (χ4n) is 5.11. The Morgan fingerprint density at radius 1 is 0.872 bits per heavy atom. The highest BCUT2D eigenvalue weighted by Crippen LogP contribution is 2.33. The van der Waals surface area contributed by atoms with Gasteiger partial charge in [-0.05, 0) is 76.1 Å². The fraction of sp³-hybridized carbons (Fsp3) is 0.297. The lowest BCUT2D eigenvalue weighted by Crippen LogP contribution is -2.56. The monoisotopic (exact) mass is 675 g/mol. The van der Waals surface area contributed by atoms with E-state index in [9.17, 15) is 18.0 Å². The Bertz CT molecular complexity index is 1770. The van der Waals surface area contributed by atoms with Crippen LogP contribution in [0.3, 0.4) is 0 Å². The molecule has 1 N–H and O–H groups in total. The number of sulfonamides is 1. The van der Waals surface area contributed by atoms with Crippen LogP contribution in [0.4, 0.5) is 5.69 Å². The highest BCUT2D eigenvalue weighted by Gasteiger charge is 2.36. The molecule has 0 spiro atoms. The zero-order valence-electron chi connectivity index (χ0n) is 27.4. The molecule has 47 heavy (non-hydrogen) atoms. The van der Waals surface area contributed by atoms with E-state index >= 15 is 0 Å². The van der Waals surface area contributed by atoms with Gasteiger partial charge in [-0.3, -0.25) is 13.9 Å². The van der Waals surface area contributed by atoms with Crippen LogP contribution in [-0.2, 0) is 32.6 Å². The number of carbonyl (C=O) groups is 2. The first kappa shape index (κ1) is 35.5. The van der Waals surface area contributed by atoms with Gasteiger partial charge >= 0.3 is 0 Å². The number of anilines is 1. The van der Waals surface area contributed by atoms with Crippen molar-refractivity contribution in [2.45, 2.75) is 64.1 Å². The molecule has 0 radical (unpaired) electrons. The molecule has 10 heteroatoms. The zero-order valence-corrected chi connectivity index (χ0v) is 29.0. The number of ether oxygens (including phenoxy) is 1. The Morgan fingerprint density at radius 3 is 2.13 bits per heavy atom. The van der Waals surface area contributed by atoms with E-state index in [0.29, 0.717) is 16.3 Å². The van der Waals surface area contributed by atoms with Gasteiger partial charge in [-0.25, -0.2) is 8.42 Å². The van der Waals surface area contributed by atoms with Gasteiger partial charge in [-0.1, -0.05) is 90.0 Å². The van der Waals surface area contributed by atoms with Crippen LogP contribution >= 0.6 is 11.6 Å². The summed E-state index contributed by atoms with van der Waals surface area (Å²) in [5.74, 6) is -0.649. The summed E-state index contributed by atoms with van der Waals surface area (Å²) in [6.07, 6.45) is 0.194. The van der Waals surface area contributed by atoms with Crippen molar-refractivity contribution in [2.75, 3.05) is 17.5 Å². The summed E-state index contributed by atoms with van der Waals surface area (Å²) in [6.45, 7) is 8.92. The Hall–Kier alpha value is -4.34. The van der Waals surface area contributed by atoms with Gasteiger partial charge < -0.3 is 15.0 Å². The highest BCUT2D eigenvalue weighted by molar-refractivity contribution is 7.92. The molecule has 4 aromatic carbocycles. The summed E-state index contributed by atoms with van der Waals surface area (Å²) in [5.41, 5.74) is 1.96. The molecule has 0 heterocycles. The van der Waals surface area contributed by atoms with Crippen LogP contribution in [0, 0.1) is 6.92 Å². The molecule has 0 unspecified atom stereocenters. The Morgan fingerprint density at radius 2 is 1.49 bits per heavy atom. The highest BCUT2D eigenvalue weighted by atomic mass is 35.5. The van der Waals surface area contributed by atoms with E-state index in [1.807, 2.05) is 58.0 Å². The number of nitrogens with zero attached hydrogens (tertiary/aromatic N) is 2. The van der Waals surface area contributed by atoms with Crippen molar-refractivity contribution >= 4 is 39.1 Å². The topological polar surface area (TPSA) is 96.0 Å². The number of para-hydroxylation sites is 2. The maximum absolute atomic E-state index is 14.7. The van der Waals surface area contributed by atoms with E-state index in [0.717, 1.165) is 15.4 Å². The maximum Gasteiger partial charge on any atom is 0.264 e. The molecule has 0 aliphatic carbocycles. The normalized spacial score (nSPS) is 12.2. The molecule has 0 aromatic heterocycles. The molecule has 0 saturated carbocycles. The van der Waals surface area contributed by atoms with Crippen LogP contribution in [0.25, 0.3) is 0 Å². The standard InChI is InChI=1S/C37H42ClN3O5S/c1-6-46-34-19-13-12-18-32(34)41(47(44,45)30-22-20-27(2)21-23-30)26-35(42)40(25-29-16-10-11-17-31(29)38)33(36(43)39-37(3,4)5)24-28-14-8-7-9-15-28/h7-23,33H,6,24-26H2,1-5H3,(H,39,43)/t33-/m1/s1. The smallest absolute Gasteiger partial charge is 0.264 e. The van der Waals surface area contributed by atoms with Crippen molar-refractivity contribution in [3.8, 4) is 5.75 Å². The van der Waals surface area contributed by atoms with Crippen LogP contribution in [0.2, 0.25) is 5.02 Å². The lowest BCUT2D eigenvalue weighted by Gasteiger charge is -2.35. The number of halogens is 1. The minimum atomic E-state index is -4.28. The minimum Gasteiger partial charge on any atom is -0.492 e. The van der Waals surface area contributed by atoms with Crippen molar-refractivity contribution in [2.24, 2.45) is 0 Å². The molecule has 0 aliphatic rings. The maximum atomic E-state index is 14.7. The molecular weight excluding hydrogens is 634 g/mol. The molecule has 0 aliphatic heterocycles. The van der Waals surface area contributed by atoms with Crippen molar-refractivity contribution in [1.82, 2.24) is 10.2 Å². The zero-order chi connectivity index (χ0) is 34.2. The van der Waals surface area contributed by atoms with Gasteiger partial charge in [0.2, 0.25) is 11.8 Å². The van der Waals surface area contributed by atoms with Gasteiger partial charge in [-0.2, -0.15) is 0 Å². The molecule has 0 bridgehead atoms. The van der Waals surface area contributed by atoms with Crippen molar-refractivity contribution in [3.63, 3.8) is 0 Å². The molecule has 8 nitrogen and oxygen atoms in total. The Labute approximate surface area is 283 Å². The SMILES string of the molecule is CCOc1ccccc1N(CC(=O)N(Cc1ccccc1Cl)[C@H](Cc1ccccc1)C(=O)NC(C)(C)C)S(=O)(=O)c1ccc(C)cc1. The summed E-state index contributed by atoms with van der Waals surface area (Å²) in [5, 5.41) is 3.45. The number of aryl methyl sites for hydroxylation is 1. The first-order valence-electron chi connectivity index (χ1n) is 15.5. The van der Waals surface area contributed by atoms with Gasteiger partial charge in [-0.15, -0.1) is 0 Å². The minimum absolute atomic E-state index is 0.0196. The predicted molar refractivity (Wildman–Crippen MR) is 187 cm³/mol. The van der Waals surface area contributed by atoms with Gasteiger partial charge in [0, 0.05) is 23.5 Å². The number of hydrogen-bond acceptors (Lipinski definition) is 5. The van der Waals surface area contributed by atoms with Crippen LogP contribution in [0.15, 0.2) is 108 Å². The van der Waals surface area contributed by atoms with Crippen LogP contribution < -0.4 is 14.4 Å². The van der Waals surface area contributed by atoms with E-state index in [-0.39, 0.29) is 36.1 Å². The number of hydrogen-bond donors (Lipinski definition) is 1. The number of rotatable bonds is 13. The summed E-state index contributed by atoms with van der Waals surface area (Å²) in [7, 11) is -4.28. The van der Waals surface area contributed by atoms with Gasteiger partial charge in [0.05, 0.1) is 17.2 Å².